The summed E-state index contributed by atoms with van der Waals surface area (Å²) in [5.74, 6) is -0.394. The molecular weight excluding hydrogens is 257 g/mol. The number of halogens is 1. The summed E-state index contributed by atoms with van der Waals surface area (Å²) in [6.45, 7) is 1.19. The second-order valence-corrected chi connectivity index (χ2v) is 4.42. The monoisotopic (exact) mass is 271 g/mol. The number of fused-ring (bicyclic) bond motifs is 1. The fourth-order valence-corrected chi connectivity index (χ4v) is 2.13. The van der Waals surface area contributed by atoms with Crippen LogP contribution in [0, 0.1) is 5.82 Å². The number of benzene rings is 1. The molecule has 0 unspecified atom stereocenters. The number of anilines is 2. The fourth-order valence-electron chi connectivity index (χ4n) is 2.13. The Morgan fingerprint density at radius 2 is 2.20 bits per heavy atom. The smallest absolute Gasteiger partial charge is 0.150 e. The minimum atomic E-state index is -0.394. The molecule has 0 aliphatic carbocycles. The molecular formula is C14H14FN5. The van der Waals surface area contributed by atoms with Crippen molar-refractivity contribution < 1.29 is 4.39 Å². The summed E-state index contributed by atoms with van der Waals surface area (Å²) >= 11 is 0. The molecule has 2 aromatic heterocycles. The highest BCUT2D eigenvalue weighted by molar-refractivity contribution is 5.98. The van der Waals surface area contributed by atoms with Gasteiger partial charge in [-0.2, -0.15) is 5.10 Å². The Balaban J connectivity index is 1.87. The van der Waals surface area contributed by atoms with Gasteiger partial charge in [0.2, 0.25) is 0 Å². The highest BCUT2D eigenvalue weighted by atomic mass is 19.1. The average Bonchev–Trinajstić information content (AvgIpc) is 2.96. The van der Waals surface area contributed by atoms with Crippen LogP contribution in [-0.4, -0.2) is 21.3 Å². The third-order valence-corrected chi connectivity index (χ3v) is 3.08. The quantitative estimate of drug-likeness (QED) is 0.714. The van der Waals surface area contributed by atoms with Gasteiger partial charge in [0, 0.05) is 36.2 Å². The van der Waals surface area contributed by atoms with E-state index in [1.54, 1.807) is 23.1 Å². The number of pyridine rings is 1. The summed E-state index contributed by atoms with van der Waals surface area (Å²) in [6, 6.07) is 6.78. The third kappa shape index (κ3) is 2.27. The zero-order valence-electron chi connectivity index (χ0n) is 10.8. The van der Waals surface area contributed by atoms with E-state index in [0.717, 1.165) is 5.39 Å². The van der Waals surface area contributed by atoms with Gasteiger partial charge in [0.05, 0.1) is 17.7 Å². The maximum atomic E-state index is 14.0. The first-order valence-corrected chi connectivity index (χ1v) is 6.30. The van der Waals surface area contributed by atoms with E-state index in [1.165, 1.54) is 6.07 Å². The molecule has 2 heterocycles. The van der Waals surface area contributed by atoms with Crippen molar-refractivity contribution in [2.75, 3.05) is 17.6 Å². The van der Waals surface area contributed by atoms with Gasteiger partial charge in [-0.3, -0.25) is 9.67 Å². The summed E-state index contributed by atoms with van der Waals surface area (Å²) in [6.07, 6.45) is 5.19. The molecule has 3 N–H and O–H groups in total. The number of aromatic nitrogens is 3. The van der Waals surface area contributed by atoms with Crippen molar-refractivity contribution in [1.82, 2.24) is 14.8 Å². The summed E-state index contributed by atoms with van der Waals surface area (Å²) < 4.78 is 15.8. The largest absolute Gasteiger partial charge is 0.398 e. The van der Waals surface area contributed by atoms with Gasteiger partial charge < -0.3 is 11.1 Å². The Morgan fingerprint density at radius 1 is 1.30 bits per heavy atom. The molecule has 0 spiro atoms. The molecule has 5 nitrogen and oxygen atoms in total. The lowest BCUT2D eigenvalue weighted by atomic mass is 10.1. The van der Waals surface area contributed by atoms with Crippen LogP contribution in [0.2, 0.25) is 0 Å². The number of nitrogen functional groups attached to an aromatic ring is 1. The molecule has 0 bridgehead atoms. The van der Waals surface area contributed by atoms with Crippen LogP contribution in [-0.2, 0) is 6.54 Å². The highest BCUT2D eigenvalue weighted by Gasteiger charge is 2.11. The molecule has 3 rings (SSSR count). The zero-order valence-corrected chi connectivity index (χ0v) is 10.8. The summed E-state index contributed by atoms with van der Waals surface area (Å²) in [7, 11) is 0. The zero-order chi connectivity index (χ0) is 13.9. The highest BCUT2D eigenvalue weighted by Crippen LogP contribution is 2.29. The molecule has 0 aliphatic rings. The predicted octanol–water partition coefficient (Wildman–Crippen LogP) is 2.26. The molecule has 20 heavy (non-hydrogen) atoms. The van der Waals surface area contributed by atoms with Gasteiger partial charge in [0.25, 0.3) is 0 Å². The SMILES string of the molecule is Nc1cc(F)c(NCCn2cccn2)c2ncccc12. The van der Waals surface area contributed by atoms with E-state index in [2.05, 4.69) is 15.4 Å². The first kappa shape index (κ1) is 12.4. The minimum Gasteiger partial charge on any atom is -0.398 e. The third-order valence-electron chi connectivity index (χ3n) is 3.08. The molecule has 0 atom stereocenters. The normalized spacial score (nSPS) is 10.8. The number of nitrogens with zero attached hydrogens (tertiary/aromatic N) is 3. The van der Waals surface area contributed by atoms with Crippen molar-refractivity contribution in [2.45, 2.75) is 6.54 Å². The summed E-state index contributed by atoms with van der Waals surface area (Å²) in [5, 5.41) is 7.91. The first-order valence-electron chi connectivity index (χ1n) is 6.30. The van der Waals surface area contributed by atoms with Crippen LogP contribution in [0.25, 0.3) is 10.9 Å². The van der Waals surface area contributed by atoms with Crippen LogP contribution in [0.15, 0.2) is 42.9 Å². The second-order valence-electron chi connectivity index (χ2n) is 4.42. The number of hydrogen-bond acceptors (Lipinski definition) is 4. The van der Waals surface area contributed by atoms with Gasteiger partial charge in [0.15, 0.2) is 5.82 Å². The molecule has 3 aromatic rings. The van der Waals surface area contributed by atoms with Crippen LogP contribution in [0.1, 0.15) is 0 Å². The van der Waals surface area contributed by atoms with Crippen molar-refractivity contribution in [3.8, 4) is 0 Å². The molecule has 0 fully saturated rings. The number of nitrogens with two attached hydrogens (primary N) is 1. The molecule has 0 radical (unpaired) electrons. The van der Waals surface area contributed by atoms with Crippen LogP contribution in [0.4, 0.5) is 15.8 Å². The van der Waals surface area contributed by atoms with Gasteiger partial charge in [-0.05, 0) is 24.3 Å². The summed E-state index contributed by atoms with van der Waals surface area (Å²) in [4.78, 5) is 4.21. The van der Waals surface area contributed by atoms with E-state index in [4.69, 9.17) is 5.73 Å². The van der Waals surface area contributed by atoms with Crippen LogP contribution < -0.4 is 11.1 Å². The van der Waals surface area contributed by atoms with Crippen molar-refractivity contribution >= 4 is 22.3 Å². The average molecular weight is 271 g/mol. The fraction of sp³-hybridized carbons (Fsp3) is 0.143. The molecule has 0 saturated heterocycles. The number of hydrogen-bond donors (Lipinski definition) is 2. The van der Waals surface area contributed by atoms with Gasteiger partial charge in [-0.1, -0.05) is 0 Å². The molecule has 1 aromatic carbocycles. The van der Waals surface area contributed by atoms with Gasteiger partial charge in [0.1, 0.15) is 0 Å². The minimum absolute atomic E-state index is 0.377. The Morgan fingerprint density at radius 3 is 3.00 bits per heavy atom. The Hall–Kier alpha value is -2.63. The Labute approximate surface area is 115 Å². The van der Waals surface area contributed by atoms with Crippen molar-refractivity contribution in [1.29, 1.82) is 0 Å². The molecule has 102 valence electrons. The van der Waals surface area contributed by atoms with Crippen molar-refractivity contribution in [3.63, 3.8) is 0 Å². The van der Waals surface area contributed by atoms with E-state index < -0.39 is 5.82 Å². The standard InChI is InChI=1S/C14H14FN5/c15-11-9-12(16)10-3-1-4-17-13(10)14(11)18-6-8-20-7-2-5-19-20/h1-5,7,9,18H,6,8,16H2. The molecule has 0 saturated carbocycles. The molecule has 0 aliphatic heterocycles. The Bertz CT molecular complexity index is 724. The van der Waals surface area contributed by atoms with Crippen molar-refractivity contribution in [2.24, 2.45) is 0 Å². The van der Waals surface area contributed by atoms with E-state index in [1.807, 2.05) is 18.3 Å². The van der Waals surface area contributed by atoms with E-state index in [-0.39, 0.29) is 0 Å². The number of rotatable bonds is 4. The molecule has 6 heteroatoms. The Kier molecular flexibility index (Phi) is 3.20. The van der Waals surface area contributed by atoms with Gasteiger partial charge in [-0.25, -0.2) is 4.39 Å². The lowest BCUT2D eigenvalue weighted by Gasteiger charge is -2.12. The predicted molar refractivity (Wildman–Crippen MR) is 76.8 cm³/mol. The maximum Gasteiger partial charge on any atom is 0.150 e. The molecule has 0 amide bonds. The first-order chi connectivity index (χ1) is 9.75. The maximum absolute atomic E-state index is 14.0. The topological polar surface area (TPSA) is 68.8 Å². The second kappa shape index (κ2) is 5.16. The lowest BCUT2D eigenvalue weighted by Crippen LogP contribution is -2.12. The van der Waals surface area contributed by atoms with Crippen LogP contribution in [0.3, 0.4) is 0 Å². The van der Waals surface area contributed by atoms with E-state index >= 15 is 0 Å². The van der Waals surface area contributed by atoms with E-state index in [9.17, 15) is 4.39 Å². The van der Waals surface area contributed by atoms with Crippen molar-refractivity contribution in [3.05, 3.63) is 48.7 Å². The van der Waals surface area contributed by atoms with Crippen LogP contribution >= 0.6 is 0 Å². The van der Waals surface area contributed by atoms with E-state index in [0.29, 0.717) is 30.0 Å². The summed E-state index contributed by atoms with van der Waals surface area (Å²) in [5.41, 5.74) is 7.13. The number of nitrogens with one attached hydrogen (secondary N) is 1. The van der Waals surface area contributed by atoms with Crippen LogP contribution in [0.5, 0.6) is 0 Å². The lowest BCUT2D eigenvalue weighted by molar-refractivity contribution is 0.619. The van der Waals surface area contributed by atoms with Gasteiger partial charge in [-0.15, -0.1) is 0 Å². The van der Waals surface area contributed by atoms with Gasteiger partial charge >= 0.3 is 0 Å².